The Bertz CT molecular complexity index is 2720. The van der Waals surface area contributed by atoms with Gasteiger partial charge < -0.3 is 23.4 Å². The van der Waals surface area contributed by atoms with Crippen LogP contribution in [-0.4, -0.2) is 14.5 Å². The summed E-state index contributed by atoms with van der Waals surface area (Å²) in [6, 6.07) is 50.9. The van der Waals surface area contributed by atoms with E-state index in [4.69, 9.17) is 18.9 Å². The van der Waals surface area contributed by atoms with Gasteiger partial charge in [0.05, 0.1) is 22.4 Å². The van der Waals surface area contributed by atoms with Crippen molar-refractivity contribution in [2.75, 3.05) is 0 Å². The summed E-state index contributed by atoms with van der Waals surface area (Å²) in [6.45, 7) is 8.99. The third kappa shape index (κ3) is 6.50. The average Bonchev–Trinajstić information content (AvgIpc) is 3.80. The van der Waals surface area contributed by atoms with Crippen LogP contribution in [0.15, 0.2) is 144 Å². The summed E-state index contributed by atoms with van der Waals surface area (Å²) < 4.78 is 21.5. The van der Waals surface area contributed by atoms with Crippen molar-refractivity contribution in [3.63, 3.8) is 0 Å². The summed E-state index contributed by atoms with van der Waals surface area (Å²) in [6.07, 6.45) is 1.79. The second-order valence-electron chi connectivity index (χ2n) is 14.0. The molecular weight excluding hydrogens is 859 g/mol. The third-order valence-electron chi connectivity index (χ3n) is 9.80. The Labute approximate surface area is 333 Å². The van der Waals surface area contributed by atoms with E-state index in [1.165, 1.54) is 16.8 Å². The maximum absolute atomic E-state index is 6.70. The zero-order valence-corrected chi connectivity index (χ0v) is 33.2. The quantitative estimate of drug-likeness (QED) is 0.161. The molecule has 10 rings (SSSR count). The fraction of sp³-hybridized carbons (Fsp3) is 0.125. The molecule has 6 nitrogen and oxygen atoms in total. The molecule has 1 aliphatic heterocycles. The molecule has 273 valence electrons. The Hall–Kier alpha value is -6.01. The molecule has 0 saturated carbocycles. The number of para-hydroxylation sites is 5. The first-order valence-corrected chi connectivity index (χ1v) is 18.3. The number of furan rings is 1. The molecule has 7 heteroatoms. The smallest absolute Gasteiger partial charge is 0.212 e. The van der Waals surface area contributed by atoms with Gasteiger partial charge in [-0.2, -0.15) is 0 Å². The van der Waals surface area contributed by atoms with Crippen molar-refractivity contribution in [1.29, 1.82) is 0 Å². The zero-order chi connectivity index (χ0) is 36.8. The molecule has 1 aliphatic rings. The molecule has 55 heavy (non-hydrogen) atoms. The summed E-state index contributed by atoms with van der Waals surface area (Å²) in [5, 5.41) is 1.93. The van der Waals surface area contributed by atoms with Crippen LogP contribution in [0.1, 0.15) is 50.7 Å². The van der Waals surface area contributed by atoms with Gasteiger partial charge in [0.1, 0.15) is 0 Å². The van der Waals surface area contributed by atoms with E-state index < -0.39 is 0 Å². The fourth-order valence-electron chi connectivity index (χ4n) is 7.22. The topological polar surface area (TPSA) is 62.3 Å². The van der Waals surface area contributed by atoms with Crippen LogP contribution in [0.5, 0.6) is 23.0 Å². The van der Waals surface area contributed by atoms with Crippen molar-refractivity contribution >= 4 is 33.0 Å². The molecule has 0 unspecified atom stereocenters. The van der Waals surface area contributed by atoms with Gasteiger partial charge >= 0.3 is 0 Å². The number of aromatic nitrogens is 3. The van der Waals surface area contributed by atoms with Gasteiger partial charge in [-0.1, -0.05) is 93.2 Å². The van der Waals surface area contributed by atoms with Crippen molar-refractivity contribution in [1.82, 2.24) is 14.5 Å². The Morgan fingerprint density at radius 3 is 2.04 bits per heavy atom. The minimum atomic E-state index is 0. The van der Waals surface area contributed by atoms with Gasteiger partial charge in [0.25, 0.3) is 0 Å². The summed E-state index contributed by atoms with van der Waals surface area (Å²) in [5.41, 5.74) is 9.89. The second kappa shape index (κ2) is 15.0. The molecule has 0 aliphatic carbocycles. The normalized spacial score (nSPS) is 11.7. The Morgan fingerprint density at radius 2 is 1.31 bits per heavy atom. The largest absolute Gasteiger partial charge is 0.497 e. The van der Waals surface area contributed by atoms with E-state index in [-0.39, 0.29) is 20.1 Å². The van der Waals surface area contributed by atoms with Gasteiger partial charge in [0, 0.05) is 37.4 Å². The van der Waals surface area contributed by atoms with Crippen LogP contribution in [0.2, 0.25) is 0 Å². The number of fused-ring (bicyclic) bond motifs is 7. The molecule has 0 amide bonds. The number of rotatable bonds is 5. The van der Waals surface area contributed by atoms with Gasteiger partial charge in [0.15, 0.2) is 22.8 Å². The van der Waals surface area contributed by atoms with E-state index in [1.807, 2.05) is 97.1 Å². The van der Waals surface area contributed by atoms with Gasteiger partial charge in [-0.3, -0.25) is 4.98 Å². The van der Waals surface area contributed by atoms with Crippen LogP contribution in [-0.2, 0) is 20.1 Å². The van der Waals surface area contributed by atoms with Crippen molar-refractivity contribution in [2.24, 2.45) is 0 Å². The van der Waals surface area contributed by atoms with Gasteiger partial charge in [-0.15, -0.1) is 54.1 Å². The first-order valence-electron chi connectivity index (χ1n) is 18.3. The molecule has 0 bridgehead atoms. The number of pyridine rings is 1. The van der Waals surface area contributed by atoms with E-state index in [1.54, 1.807) is 6.20 Å². The summed E-state index contributed by atoms with van der Waals surface area (Å²) in [5.74, 6) is 4.01. The van der Waals surface area contributed by atoms with Gasteiger partial charge in [-0.25, -0.2) is 0 Å². The molecule has 0 spiro atoms. The van der Waals surface area contributed by atoms with Crippen molar-refractivity contribution in [3.05, 3.63) is 163 Å². The van der Waals surface area contributed by atoms with E-state index in [0.29, 0.717) is 46.0 Å². The summed E-state index contributed by atoms with van der Waals surface area (Å²) in [4.78, 5) is 9.43. The maximum Gasteiger partial charge on any atom is 0.212 e. The molecule has 3 aromatic heterocycles. The Morgan fingerprint density at radius 1 is 0.600 bits per heavy atom. The molecule has 0 fully saturated rings. The van der Waals surface area contributed by atoms with Crippen molar-refractivity contribution < 1.29 is 34.0 Å². The number of benzene rings is 6. The molecule has 0 N–H and O–H groups in total. The first-order chi connectivity index (χ1) is 26.5. The number of ether oxygens (including phenoxy) is 2. The maximum atomic E-state index is 6.70. The monoisotopic (exact) mass is 896 g/mol. The fourth-order valence-corrected chi connectivity index (χ4v) is 7.22. The van der Waals surface area contributed by atoms with Crippen LogP contribution >= 0.6 is 0 Å². The number of imidazole rings is 1. The van der Waals surface area contributed by atoms with E-state index in [2.05, 4.69) is 85.8 Å². The van der Waals surface area contributed by atoms with Crippen LogP contribution in [0.3, 0.4) is 0 Å². The van der Waals surface area contributed by atoms with E-state index in [0.717, 1.165) is 44.5 Å². The molecule has 6 aromatic carbocycles. The van der Waals surface area contributed by atoms with Crippen molar-refractivity contribution in [3.8, 4) is 51.3 Å². The average molecular weight is 896 g/mol. The molecule has 4 heterocycles. The Balaban J connectivity index is 0.000000280. The molecule has 1 radical (unpaired) electrons. The molecule has 0 atom stereocenters. The zero-order valence-electron chi connectivity index (χ0n) is 30.8. The van der Waals surface area contributed by atoms with Crippen LogP contribution in [0.25, 0.3) is 61.3 Å². The van der Waals surface area contributed by atoms with Gasteiger partial charge in [0.2, 0.25) is 5.75 Å². The third-order valence-corrected chi connectivity index (χ3v) is 9.80. The SMILES string of the molecule is CC(C)c1cccc(C(C)C)c1-n1c(-c2[c-]ccc3c2oc2c4c(ccc23)Oc2ccccc2O4)nc2ccccc21.[Ir].[c-]1ccccc1-c1ccccn1. The predicted molar refractivity (Wildman–Crippen MR) is 216 cm³/mol. The summed E-state index contributed by atoms with van der Waals surface area (Å²) >= 11 is 0. The molecule has 0 saturated heterocycles. The van der Waals surface area contributed by atoms with E-state index >= 15 is 0 Å². The number of nitrogens with zero attached hydrogens (tertiary/aromatic N) is 3. The van der Waals surface area contributed by atoms with Crippen LogP contribution in [0, 0.1) is 12.1 Å². The number of hydrogen-bond donors (Lipinski definition) is 0. The first kappa shape index (κ1) is 36.0. The standard InChI is InChI=1S/C37H29N2O3.C11H8N.Ir/c1-21(2)23-11-9-12-24(22(3)4)33(23)39-29-16-6-5-15-28(29)38-37(39)27-14-10-13-25-26-19-20-32-36(35(26)42-34(25)27)41-31-18-8-7-17-30(31)40-32;1-2-6-10(7-3-1)11-8-4-5-9-12-11;/h5-13,15-22H,1-4H3;1-6,8-9H;/q2*-1;. The van der Waals surface area contributed by atoms with E-state index in [9.17, 15) is 0 Å². The van der Waals surface area contributed by atoms with Gasteiger partial charge in [-0.05, 0) is 71.1 Å². The predicted octanol–water partition coefficient (Wildman–Crippen LogP) is 13.1. The Kier molecular flexibility index (Phi) is 9.83. The molecule has 9 aromatic rings. The second-order valence-corrected chi connectivity index (χ2v) is 14.0. The van der Waals surface area contributed by atoms with Crippen LogP contribution in [0.4, 0.5) is 0 Å². The van der Waals surface area contributed by atoms with Crippen LogP contribution < -0.4 is 9.47 Å². The minimum Gasteiger partial charge on any atom is -0.497 e. The summed E-state index contributed by atoms with van der Waals surface area (Å²) in [7, 11) is 0. The molecular formula is C48H37IrN3O3-2. The minimum absolute atomic E-state index is 0. The van der Waals surface area contributed by atoms with Crippen molar-refractivity contribution in [2.45, 2.75) is 39.5 Å². The number of hydrogen-bond acceptors (Lipinski definition) is 5.